The molecule has 1 saturated carbocycles. The van der Waals surface area contributed by atoms with Crippen molar-refractivity contribution in [3.8, 4) is 0 Å². The van der Waals surface area contributed by atoms with Crippen LogP contribution in [0.4, 0.5) is 9.18 Å². The van der Waals surface area contributed by atoms with E-state index in [-0.39, 0.29) is 47.3 Å². The van der Waals surface area contributed by atoms with Gasteiger partial charge in [0.05, 0.1) is 17.5 Å². The summed E-state index contributed by atoms with van der Waals surface area (Å²) in [6.45, 7) is 6.79. The zero-order valence-electron chi connectivity index (χ0n) is 25.1. The number of halogens is 1. The van der Waals surface area contributed by atoms with Crippen LogP contribution in [0.5, 0.6) is 0 Å². The van der Waals surface area contributed by atoms with Crippen LogP contribution >= 0.6 is 0 Å². The van der Waals surface area contributed by atoms with Crippen molar-refractivity contribution in [2.24, 2.45) is 17.6 Å². The molecule has 0 aromatic carbocycles. The first kappa shape index (κ1) is 32.9. The number of hydrogen-bond acceptors (Lipinski definition) is 8. The first-order chi connectivity index (χ1) is 19.9. The van der Waals surface area contributed by atoms with E-state index in [1.165, 1.54) is 26.4 Å². The van der Waals surface area contributed by atoms with Crippen LogP contribution in [0.25, 0.3) is 0 Å². The van der Waals surface area contributed by atoms with E-state index in [2.05, 4.69) is 10.6 Å². The Morgan fingerprint density at radius 3 is 2.40 bits per heavy atom. The van der Waals surface area contributed by atoms with Gasteiger partial charge >= 0.3 is 6.09 Å². The lowest BCUT2D eigenvalue weighted by Crippen LogP contribution is -2.37. The second-order valence-corrected chi connectivity index (χ2v) is 11.3. The van der Waals surface area contributed by atoms with Crippen molar-refractivity contribution in [2.75, 3.05) is 14.2 Å². The molecule has 3 aliphatic rings. The highest BCUT2D eigenvalue weighted by molar-refractivity contribution is 6.23. The number of fused-ring (bicyclic) bond motifs is 2. The average molecular weight is 588 g/mol. The smallest absolute Gasteiger partial charge is 0.405 e. The highest BCUT2D eigenvalue weighted by Crippen LogP contribution is 2.31. The van der Waals surface area contributed by atoms with Crippen LogP contribution in [0.2, 0.25) is 0 Å². The highest BCUT2D eigenvalue weighted by atomic mass is 19.1. The van der Waals surface area contributed by atoms with Crippen molar-refractivity contribution >= 4 is 23.6 Å². The maximum Gasteiger partial charge on any atom is 0.405 e. The van der Waals surface area contributed by atoms with Gasteiger partial charge in [-0.3, -0.25) is 14.4 Å². The molecule has 0 aromatic rings. The van der Waals surface area contributed by atoms with Gasteiger partial charge in [0, 0.05) is 43.4 Å². The average Bonchev–Trinajstić information content (AvgIpc) is 3.76. The molecule has 1 fully saturated rings. The Balaban J connectivity index is 2.05. The maximum atomic E-state index is 15.8. The molecule has 0 saturated heterocycles. The SMILES string of the molecule is CO[C@H]1/C=C/C=C(/C)C(=O)NC2=CC(=O)C(NC3CC3)=C(C[C@@H](C)C[C@H](OC)[C@@H](F)[C@@H](C)/C=C(\C)[C@@H]1OC(N)=O)C2=O. The normalized spacial score (nSPS) is 33.5. The zero-order valence-corrected chi connectivity index (χ0v) is 25.1. The number of hydrogen-bond donors (Lipinski definition) is 3. The maximum absolute atomic E-state index is 15.8. The van der Waals surface area contributed by atoms with Gasteiger partial charge in [0.1, 0.15) is 12.3 Å². The van der Waals surface area contributed by atoms with Gasteiger partial charge in [0.15, 0.2) is 6.10 Å². The van der Waals surface area contributed by atoms with Crippen molar-refractivity contribution in [3.63, 3.8) is 0 Å². The second-order valence-electron chi connectivity index (χ2n) is 11.3. The van der Waals surface area contributed by atoms with Crippen LogP contribution in [0, 0.1) is 11.8 Å². The van der Waals surface area contributed by atoms with E-state index in [9.17, 15) is 19.2 Å². The molecule has 2 amide bonds. The summed E-state index contributed by atoms with van der Waals surface area (Å²) >= 11 is 0. The van der Waals surface area contributed by atoms with Crippen molar-refractivity contribution in [1.29, 1.82) is 0 Å². The number of ketones is 2. The number of ether oxygens (including phenoxy) is 3. The van der Waals surface area contributed by atoms with Crippen LogP contribution < -0.4 is 16.4 Å². The largest absolute Gasteiger partial charge is 0.439 e. The third kappa shape index (κ3) is 8.48. The monoisotopic (exact) mass is 587 g/mol. The van der Waals surface area contributed by atoms with Crippen LogP contribution in [-0.4, -0.2) is 68.3 Å². The van der Waals surface area contributed by atoms with Gasteiger partial charge in [-0.2, -0.15) is 0 Å². The minimum atomic E-state index is -1.44. The lowest BCUT2D eigenvalue weighted by molar-refractivity contribution is -0.120. The van der Waals surface area contributed by atoms with Crippen molar-refractivity contribution < 1.29 is 37.8 Å². The number of nitrogens with one attached hydrogen (secondary N) is 2. The van der Waals surface area contributed by atoms with Crippen molar-refractivity contribution in [3.05, 3.63) is 58.5 Å². The third-order valence-electron chi connectivity index (χ3n) is 7.66. The van der Waals surface area contributed by atoms with Gasteiger partial charge in [-0.05, 0) is 51.0 Å². The summed E-state index contributed by atoms with van der Waals surface area (Å²) < 4.78 is 32.2. The van der Waals surface area contributed by atoms with Gasteiger partial charge in [-0.1, -0.05) is 38.2 Å². The first-order valence-electron chi connectivity index (χ1n) is 14.2. The predicted molar refractivity (Wildman–Crippen MR) is 155 cm³/mol. The zero-order chi connectivity index (χ0) is 31.1. The second kappa shape index (κ2) is 14.6. The Bertz CT molecular complexity index is 1230. The summed E-state index contributed by atoms with van der Waals surface area (Å²) in [5.41, 5.74) is 6.47. The molecule has 3 rings (SSSR count). The van der Waals surface area contributed by atoms with E-state index in [1.807, 2.05) is 6.92 Å². The van der Waals surface area contributed by atoms with Gasteiger partial charge < -0.3 is 30.6 Å². The standard InChI is InChI=1S/C31H42FN3O7/c1-16-12-21-27(34-20-10-11-20)23(36)15-22(28(21)37)35-30(38)17(2)8-7-9-24(40-5)29(42-31(33)39)19(4)14-18(3)26(32)25(13-16)41-6/h7-9,14-16,18,20,24-26,29,34H,10-13H2,1-6H3,(H2,33,39)(H,35,38)/b9-7+,17-8-,19-14+/t16-,18+,24+,25+,26+,29+/m1/s1. The van der Waals surface area contributed by atoms with Crippen molar-refractivity contribution in [1.82, 2.24) is 10.6 Å². The number of Topliss-reactive ketones (excluding diaryl/α,β-unsaturated/α-hetero) is 1. The number of allylic oxidation sites excluding steroid dienone is 5. The molecule has 2 aliphatic carbocycles. The van der Waals surface area contributed by atoms with Crippen LogP contribution in [0.1, 0.15) is 53.4 Å². The minimum Gasteiger partial charge on any atom is -0.439 e. The van der Waals surface area contributed by atoms with Crippen LogP contribution in [-0.2, 0) is 28.6 Å². The Kier molecular flexibility index (Phi) is 11.4. The topological polar surface area (TPSA) is 146 Å². The fourth-order valence-electron chi connectivity index (χ4n) is 5.15. The molecule has 0 spiro atoms. The van der Waals surface area contributed by atoms with Gasteiger partial charge in [0.25, 0.3) is 5.91 Å². The molecular weight excluding hydrogens is 545 g/mol. The number of nitrogens with two attached hydrogens (primary N) is 1. The lowest BCUT2D eigenvalue weighted by atomic mass is 9.85. The summed E-state index contributed by atoms with van der Waals surface area (Å²) in [5, 5.41) is 5.75. The van der Waals surface area contributed by atoms with E-state index in [0.717, 1.165) is 18.9 Å². The van der Waals surface area contributed by atoms with Gasteiger partial charge in [0.2, 0.25) is 11.6 Å². The molecule has 2 bridgehead atoms. The van der Waals surface area contributed by atoms with E-state index in [4.69, 9.17) is 19.9 Å². The number of rotatable bonds is 5. The van der Waals surface area contributed by atoms with E-state index in [1.54, 1.807) is 32.9 Å². The van der Waals surface area contributed by atoms with Crippen molar-refractivity contribution in [2.45, 2.75) is 83.9 Å². The lowest BCUT2D eigenvalue weighted by Gasteiger charge is -2.29. The fraction of sp³-hybridized carbons (Fsp3) is 0.548. The number of carbonyl (C=O) groups is 4. The number of amides is 2. The summed E-state index contributed by atoms with van der Waals surface area (Å²) in [7, 11) is 2.84. The highest BCUT2D eigenvalue weighted by Gasteiger charge is 2.35. The molecule has 1 aliphatic heterocycles. The summed E-state index contributed by atoms with van der Waals surface area (Å²) in [4.78, 5) is 51.4. The molecule has 11 heteroatoms. The predicted octanol–water partition coefficient (Wildman–Crippen LogP) is 3.49. The quantitative estimate of drug-likeness (QED) is 0.327. The molecule has 0 radical (unpaired) electrons. The minimum absolute atomic E-state index is 0.118. The molecule has 230 valence electrons. The molecular formula is C31H42FN3O7. The van der Waals surface area contributed by atoms with E-state index in [0.29, 0.717) is 5.57 Å². The van der Waals surface area contributed by atoms with Gasteiger partial charge in [-0.15, -0.1) is 0 Å². The first-order valence-corrected chi connectivity index (χ1v) is 14.2. The Morgan fingerprint density at radius 2 is 1.81 bits per heavy atom. The Labute approximate surface area is 246 Å². The Hall–Kier alpha value is -3.57. The summed E-state index contributed by atoms with van der Waals surface area (Å²) in [5.74, 6) is -2.31. The van der Waals surface area contributed by atoms with Crippen LogP contribution in [0.3, 0.4) is 0 Å². The summed E-state index contributed by atoms with van der Waals surface area (Å²) in [6, 6.07) is 0.120. The number of methoxy groups -OCH3 is 2. The molecule has 0 unspecified atom stereocenters. The molecule has 42 heavy (non-hydrogen) atoms. The molecule has 0 aromatic heterocycles. The van der Waals surface area contributed by atoms with Gasteiger partial charge in [-0.25, -0.2) is 9.18 Å². The number of alkyl halides is 1. The fourth-order valence-corrected chi connectivity index (χ4v) is 5.15. The third-order valence-corrected chi connectivity index (χ3v) is 7.66. The van der Waals surface area contributed by atoms with Crippen LogP contribution in [0.15, 0.2) is 58.5 Å². The Morgan fingerprint density at radius 1 is 1.12 bits per heavy atom. The molecule has 4 N–H and O–H groups in total. The summed E-state index contributed by atoms with van der Waals surface area (Å²) in [6.07, 6.45) is 4.57. The molecule has 1 heterocycles. The molecule has 10 nitrogen and oxygen atoms in total. The number of carbonyl (C=O) groups excluding carboxylic acids is 4. The molecule has 6 atom stereocenters. The number of primary amides is 1. The van der Waals surface area contributed by atoms with E-state index >= 15 is 4.39 Å². The van der Waals surface area contributed by atoms with E-state index < -0.39 is 54.0 Å².